The topological polar surface area (TPSA) is 44.5 Å². The SMILES string of the molecule is CCc1ccc(Oc2ccc(C(N)=S)c(Br)c2)c(OC)c1. The first-order chi connectivity index (χ1) is 10.0. The van der Waals surface area contributed by atoms with Crippen LogP contribution in [0, 0.1) is 0 Å². The molecule has 2 rings (SSSR count). The normalized spacial score (nSPS) is 10.2. The Labute approximate surface area is 138 Å². The molecular weight excluding hydrogens is 350 g/mol. The van der Waals surface area contributed by atoms with Gasteiger partial charge in [-0.25, -0.2) is 0 Å². The number of methoxy groups -OCH3 is 1. The van der Waals surface area contributed by atoms with Gasteiger partial charge in [0.05, 0.1) is 7.11 Å². The highest BCUT2D eigenvalue weighted by Gasteiger charge is 2.09. The van der Waals surface area contributed by atoms with Gasteiger partial charge in [0.15, 0.2) is 11.5 Å². The van der Waals surface area contributed by atoms with Crippen molar-refractivity contribution in [2.45, 2.75) is 13.3 Å². The Hall–Kier alpha value is -1.59. The zero-order valence-electron chi connectivity index (χ0n) is 11.9. The second kappa shape index (κ2) is 6.91. The van der Waals surface area contributed by atoms with Crippen molar-refractivity contribution in [3.63, 3.8) is 0 Å². The summed E-state index contributed by atoms with van der Waals surface area (Å²) in [6.45, 7) is 2.10. The van der Waals surface area contributed by atoms with Crippen LogP contribution in [0.5, 0.6) is 17.2 Å². The maximum Gasteiger partial charge on any atom is 0.169 e. The highest BCUT2D eigenvalue weighted by molar-refractivity contribution is 9.10. The molecule has 2 aromatic carbocycles. The number of rotatable bonds is 5. The van der Waals surface area contributed by atoms with Crippen molar-refractivity contribution < 1.29 is 9.47 Å². The molecule has 0 radical (unpaired) electrons. The van der Waals surface area contributed by atoms with Crippen LogP contribution in [-0.2, 0) is 6.42 Å². The van der Waals surface area contributed by atoms with Crippen molar-refractivity contribution in [2.24, 2.45) is 5.73 Å². The van der Waals surface area contributed by atoms with Crippen LogP contribution in [0.4, 0.5) is 0 Å². The number of halogens is 1. The van der Waals surface area contributed by atoms with Gasteiger partial charge in [0.1, 0.15) is 10.7 Å². The molecule has 0 amide bonds. The summed E-state index contributed by atoms with van der Waals surface area (Å²) in [5.74, 6) is 2.07. The molecule has 5 heteroatoms. The second-order valence-corrected chi connectivity index (χ2v) is 5.74. The Bertz CT molecular complexity index is 673. The van der Waals surface area contributed by atoms with Gasteiger partial charge in [0, 0.05) is 10.0 Å². The van der Waals surface area contributed by atoms with Gasteiger partial charge in [0.25, 0.3) is 0 Å². The summed E-state index contributed by atoms with van der Waals surface area (Å²) in [5, 5.41) is 0. The molecule has 0 aliphatic carbocycles. The third-order valence-electron chi connectivity index (χ3n) is 3.07. The molecule has 3 nitrogen and oxygen atoms in total. The molecule has 0 bridgehead atoms. The molecule has 2 N–H and O–H groups in total. The van der Waals surface area contributed by atoms with E-state index in [0.717, 1.165) is 16.5 Å². The fourth-order valence-corrected chi connectivity index (χ4v) is 2.78. The molecule has 0 atom stereocenters. The third kappa shape index (κ3) is 3.74. The van der Waals surface area contributed by atoms with Crippen molar-refractivity contribution in [2.75, 3.05) is 7.11 Å². The number of thiocarbonyl (C=S) groups is 1. The molecule has 0 fully saturated rings. The first kappa shape index (κ1) is 15.8. The lowest BCUT2D eigenvalue weighted by molar-refractivity contribution is 0.378. The van der Waals surface area contributed by atoms with E-state index in [4.69, 9.17) is 27.4 Å². The summed E-state index contributed by atoms with van der Waals surface area (Å²) in [4.78, 5) is 0.346. The number of aryl methyl sites for hydroxylation is 1. The molecule has 0 aliphatic heterocycles. The summed E-state index contributed by atoms with van der Waals surface area (Å²) >= 11 is 8.42. The summed E-state index contributed by atoms with van der Waals surface area (Å²) in [6.07, 6.45) is 0.949. The predicted octanol–water partition coefficient (Wildman–Crippen LogP) is 4.45. The van der Waals surface area contributed by atoms with Crippen LogP contribution in [0.1, 0.15) is 18.1 Å². The Kier molecular flexibility index (Phi) is 5.20. The first-order valence-electron chi connectivity index (χ1n) is 6.49. The van der Waals surface area contributed by atoms with Gasteiger partial charge in [0.2, 0.25) is 0 Å². The number of hydrogen-bond acceptors (Lipinski definition) is 3. The highest BCUT2D eigenvalue weighted by Crippen LogP contribution is 2.34. The lowest BCUT2D eigenvalue weighted by atomic mass is 10.1. The lowest BCUT2D eigenvalue weighted by Crippen LogP contribution is -2.09. The van der Waals surface area contributed by atoms with E-state index < -0.39 is 0 Å². The van der Waals surface area contributed by atoms with Crippen molar-refractivity contribution in [3.05, 3.63) is 52.0 Å². The van der Waals surface area contributed by atoms with Gasteiger partial charge in [-0.05, 0) is 58.2 Å². The Morgan fingerprint density at radius 3 is 2.52 bits per heavy atom. The molecule has 0 unspecified atom stereocenters. The van der Waals surface area contributed by atoms with Crippen molar-refractivity contribution in [3.8, 4) is 17.2 Å². The van der Waals surface area contributed by atoms with Gasteiger partial charge >= 0.3 is 0 Å². The zero-order valence-corrected chi connectivity index (χ0v) is 14.3. The highest BCUT2D eigenvalue weighted by atomic mass is 79.9. The van der Waals surface area contributed by atoms with Crippen LogP contribution in [0.15, 0.2) is 40.9 Å². The molecular formula is C16H16BrNO2S. The number of hydrogen-bond donors (Lipinski definition) is 1. The van der Waals surface area contributed by atoms with Gasteiger partial charge in [-0.15, -0.1) is 0 Å². The van der Waals surface area contributed by atoms with Crippen LogP contribution in [0.3, 0.4) is 0 Å². The summed E-state index contributed by atoms with van der Waals surface area (Å²) < 4.78 is 12.1. The van der Waals surface area contributed by atoms with E-state index in [-0.39, 0.29) is 0 Å². The third-order valence-corrected chi connectivity index (χ3v) is 3.95. The van der Waals surface area contributed by atoms with E-state index in [2.05, 4.69) is 22.9 Å². The summed E-state index contributed by atoms with van der Waals surface area (Å²) in [5.41, 5.74) is 7.62. The molecule has 2 aromatic rings. The van der Waals surface area contributed by atoms with E-state index in [1.54, 1.807) is 7.11 Å². The maximum atomic E-state index is 5.88. The standard InChI is InChI=1S/C16H16BrNO2S/c1-3-10-4-7-14(15(8-10)19-2)20-11-5-6-12(16(18)21)13(17)9-11/h4-9H,3H2,1-2H3,(H2,18,21). The smallest absolute Gasteiger partial charge is 0.169 e. The van der Waals surface area contributed by atoms with E-state index in [1.807, 2.05) is 36.4 Å². The van der Waals surface area contributed by atoms with Gasteiger partial charge in [-0.1, -0.05) is 25.2 Å². The average Bonchev–Trinajstić information content (AvgIpc) is 2.47. The Morgan fingerprint density at radius 1 is 1.19 bits per heavy atom. The predicted molar refractivity (Wildman–Crippen MR) is 92.5 cm³/mol. The van der Waals surface area contributed by atoms with E-state index in [1.165, 1.54) is 5.56 Å². The Balaban J connectivity index is 2.30. The first-order valence-corrected chi connectivity index (χ1v) is 7.69. The second-order valence-electron chi connectivity index (χ2n) is 4.45. The monoisotopic (exact) mass is 365 g/mol. The molecule has 21 heavy (non-hydrogen) atoms. The van der Waals surface area contributed by atoms with Gasteiger partial charge < -0.3 is 15.2 Å². The molecule has 0 aliphatic rings. The molecule has 0 heterocycles. The maximum absolute atomic E-state index is 5.88. The number of ether oxygens (including phenoxy) is 2. The quantitative estimate of drug-likeness (QED) is 0.795. The van der Waals surface area contributed by atoms with Crippen LogP contribution in [-0.4, -0.2) is 12.1 Å². The van der Waals surface area contributed by atoms with Crippen LogP contribution in [0.2, 0.25) is 0 Å². The van der Waals surface area contributed by atoms with Crippen molar-refractivity contribution >= 4 is 33.1 Å². The molecule has 0 aromatic heterocycles. The minimum absolute atomic E-state index is 0.346. The van der Waals surface area contributed by atoms with Gasteiger partial charge in [-0.3, -0.25) is 0 Å². The van der Waals surface area contributed by atoms with Crippen LogP contribution >= 0.6 is 28.1 Å². The number of benzene rings is 2. The fourth-order valence-electron chi connectivity index (χ4n) is 1.90. The molecule has 0 saturated heterocycles. The minimum Gasteiger partial charge on any atom is -0.493 e. The number of nitrogens with two attached hydrogens (primary N) is 1. The fraction of sp³-hybridized carbons (Fsp3) is 0.188. The molecule has 0 spiro atoms. The summed E-state index contributed by atoms with van der Waals surface area (Å²) in [7, 11) is 1.63. The summed E-state index contributed by atoms with van der Waals surface area (Å²) in [6, 6.07) is 11.4. The molecule has 110 valence electrons. The average molecular weight is 366 g/mol. The largest absolute Gasteiger partial charge is 0.493 e. The van der Waals surface area contributed by atoms with Crippen molar-refractivity contribution in [1.29, 1.82) is 0 Å². The van der Waals surface area contributed by atoms with E-state index in [0.29, 0.717) is 22.2 Å². The minimum atomic E-state index is 0.346. The van der Waals surface area contributed by atoms with E-state index in [9.17, 15) is 0 Å². The van der Waals surface area contributed by atoms with Gasteiger partial charge in [-0.2, -0.15) is 0 Å². The zero-order chi connectivity index (χ0) is 15.4. The van der Waals surface area contributed by atoms with E-state index >= 15 is 0 Å². The molecule has 0 saturated carbocycles. The van der Waals surface area contributed by atoms with Crippen LogP contribution < -0.4 is 15.2 Å². The lowest BCUT2D eigenvalue weighted by Gasteiger charge is -2.12. The van der Waals surface area contributed by atoms with Crippen LogP contribution in [0.25, 0.3) is 0 Å². The van der Waals surface area contributed by atoms with Crippen molar-refractivity contribution in [1.82, 2.24) is 0 Å². The Morgan fingerprint density at radius 2 is 1.95 bits per heavy atom.